The van der Waals surface area contributed by atoms with Crippen molar-refractivity contribution in [1.29, 1.82) is 0 Å². The molecular formula is C11H13NO4S2. The Balaban J connectivity index is 2.87. The first-order chi connectivity index (χ1) is 8.34. The van der Waals surface area contributed by atoms with E-state index in [1.807, 2.05) is 0 Å². The van der Waals surface area contributed by atoms with Crippen LogP contribution < -0.4 is 5.73 Å². The summed E-state index contributed by atoms with van der Waals surface area (Å²) >= 11 is 4.81. The van der Waals surface area contributed by atoms with Gasteiger partial charge >= 0.3 is 5.97 Å². The number of hydrogen-bond donors (Lipinski definition) is 1. The smallest absolute Gasteiger partial charge is 0.320 e. The highest BCUT2D eigenvalue weighted by Gasteiger charge is 2.18. The molecule has 0 aromatic heterocycles. The minimum absolute atomic E-state index is 0.196. The van der Waals surface area contributed by atoms with E-state index >= 15 is 0 Å². The molecule has 98 valence electrons. The van der Waals surface area contributed by atoms with Crippen LogP contribution in [0.3, 0.4) is 0 Å². The van der Waals surface area contributed by atoms with Gasteiger partial charge in [-0.25, -0.2) is 8.42 Å². The Bertz CT molecular complexity index is 566. The van der Waals surface area contributed by atoms with E-state index in [0.29, 0.717) is 11.1 Å². The Morgan fingerprint density at radius 1 is 1.44 bits per heavy atom. The quantitative estimate of drug-likeness (QED) is 0.623. The van der Waals surface area contributed by atoms with Crippen LogP contribution in [0.15, 0.2) is 24.3 Å². The van der Waals surface area contributed by atoms with Crippen molar-refractivity contribution in [1.82, 2.24) is 0 Å². The molecule has 0 fully saturated rings. The lowest BCUT2D eigenvalue weighted by Gasteiger charge is -2.05. The summed E-state index contributed by atoms with van der Waals surface area (Å²) in [6.07, 6.45) is 0. The standard InChI is InChI=1S/C11H13NO4S2/c1-16-10(13)7-18(14,15)6-8-3-2-4-9(5-8)11(12)17/h2-5H,6-7H2,1H3,(H2,12,17). The van der Waals surface area contributed by atoms with Gasteiger partial charge in [-0.1, -0.05) is 30.4 Å². The number of carbonyl (C=O) groups is 1. The summed E-state index contributed by atoms with van der Waals surface area (Å²) < 4.78 is 27.7. The van der Waals surface area contributed by atoms with Gasteiger partial charge in [0.25, 0.3) is 0 Å². The first kappa shape index (κ1) is 14.6. The number of hydrogen-bond acceptors (Lipinski definition) is 5. The number of ether oxygens (including phenoxy) is 1. The van der Waals surface area contributed by atoms with Crippen molar-refractivity contribution in [2.75, 3.05) is 12.9 Å². The first-order valence-electron chi connectivity index (χ1n) is 5.00. The van der Waals surface area contributed by atoms with Crippen LogP contribution in [0, 0.1) is 0 Å². The van der Waals surface area contributed by atoms with Crippen LogP contribution >= 0.6 is 12.2 Å². The zero-order chi connectivity index (χ0) is 13.8. The molecule has 0 radical (unpaired) electrons. The maximum Gasteiger partial charge on any atom is 0.320 e. The van der Waals surface area contributed by atoms with E-state index < -0.39 is 21.6 Å². The Morgan fingerprint density at radius 2 is 2.11 bits per heavy atom. The second-order valence-electron chi connectivity index (χ2n) is 3.67. The highest BCUT2D eigenvalue weighted by atomic mass is 32.2. The van der Waals surface area contributed by atoms with Crippen molar-refractivity contribution in [2.45, 2.75) is 5.75 Å². The summed E-state index contributed by atoms with van der Waals surface area (Å²) in [5.74, 6) is -1.67. The van der Waals surface area contributed by atoms with Crippen molar-refractivity contribution in [3.8, 4) is 0 Å². The van der Waals surface area contributed by atoms with E-state index in [2.05, 4.69) is 4.74 Å². The minimum Gasteiger partial charge on any atom is -0.468 e. The number of sulfone groups is 1. The Morgan fingerprint density at radius 3 is 2.67 bits per heavy atom. The molecule has 1 aromatic carbocycles. The van der Waals surface area contributed by atoms with Crippen LogP contribution in [0.4, 0.5) is 0 Å². The van der Waals surface area contributed by atoms with Crippen molar-refractivity contribution in [3.63, 3.8) is 0 Å². The van der Waals surface area contributed by atoms with Crippen molar-refractivity contribution in [2.24, 2.45) is 5.73 Å². The molecule has 0 aliphatic heterocycles. The maximum absolute atomic E-state index is 11.7. The highest BCUT2D eigenvalue weighted by Crippen LogP contribution is 2.10. The van der Waals surface area contributed by atoms with Gasteiger partial charge in [-0.15, -0.1) is 0 Å². The number of nitrogens with two attached hydrogens (primary N) is 1. The number of carbonyl (C=O) groups excluding carboxylic acids is 1. The molecule has 0 saturated carbocycles. The third-order valence-electron chi connectivity index (χ3n) is 2.16. The third-order valence-corrected chi connectivity index (χ3v) is 3.85. The fourth-order valence-corrected chi connectivity index (χ4v) is 2.75. The predicted octanol–water partition coefficient (Wildman–Crippen LogP) is 0.409. The van der Waals surface area contributed by atoms with E-state index in [0.717, 1.165) is 7.11 Å². The van der Waals surface area contributed by atoms with Gasteiger partial charge in [0.05, 0.1) is 12.9 Å². The van der Waals surface area contributed by atoms with Gasteiger partial charge in [0.2, 0.25) is 0 Å². The Hall–Kier alpha value is -1.47. The maximum atomic E-state index is 11.7. The number of rotatable bonds is 5. The van der Waals surface area contributed by atoms with Crippen molar-refractivity contribution < 1.29 is 17.9 Å². The van der Waals surface area contributed by atoms with Crippen LogP contribution in [-0.4, -0.2) is 32.2 Å². The number of benzene rings is 1. The summed E-state index contributed by atoms with van der Waals surface area (Å²) in [6.45, 7) is 0. The molecule has 1 rings (SSSR count). The van der Waals surface area contributed by atoms with Crippen molar-refractivity contribution >= 4 is 33.0 Å². The monoisotopic (exact) mass is 287 g/mol. The second kappa shape index (κ2) is 5.92. The topological polar surface area (TPSA) is 86.5 Å². The summed E-state index contributed by atoms with van der Waals surface area (Å²) in [5, 5.41) is 0. The Kier molecular flexibility index (Phi) is 4.80. The van der Waals surface area contributed by atoms with Gasteiger partial charge in [-0.2, -0.15) is 0 Å². The minimum atomic E-state index is -3.55. The lowest BCUT2D eigenvalue weighted by Crippen LogP contribution is -2.19. The predicted molar refractivity (Wildman–Crippen MR) is 71.8 cm³/mol. The van der Waals surface area contributed by atoms with E-state index in [1.54, 1.807) is 24.3 Å². The average Bonchev–Trinajstić information content (AvgIpc) is 2.27. The molecule has 2 N–H and O–H groups in total. The number of esters is 1. The van der Waals surface area contributed by atoms with Gasteiger partial charge in [0.1, 0.15) is 10.7 Å². The fraction of sp³-hybridized carbons (Fsp3) is 0.273. The van der Waals surface area contributed by atoms with E-state index in [-0.39, 0.29) is 10.7 Å². The van der Waals surface area contributed by atoms with Gasteiger partial charge in [0, 0.05) is 5.56 Å². The molecule has 0 amide bonds. The van der Waals surface area contributed by atoms with Gasteiger partial charge in [-0.3, -0.25) is 4.79 Å². The van der Waals surface area contributed by atoms with E-state index in [1.165, 1.54) is 0 Å². The number of methoxy groups -OCH3 is 1. The molecule has 7 heteroatoms. The zero-order valence-electron chi connectivity index (χ0n) is 9.75. The van der Waals surface area contributed by atoms with Crippen LogP contribution in [0.25, 0.3) is 0 Å². The highest BCUT2D eigenvalue weighted by molar-refractivity contribution is 7.91. The van der Waals surface area contributed by atoms with Crippen LogP contribution in [-0.2, 0) is 25.1 Å². The molecule has 0 atom stereocenters. The first-order valence-corrected chi connectivity index (χ1v) is 7.23. The van der Waals surface area contributed by atoms with Gasteiger partial charge in [-0.05, 0) is 11.6 Å². The number of thiocarbonyl (C=S) groups is 1. The largest absolute Gasteiger partial charge is 0.468 e. The van der Waals surface area contributed by atoms with Crippen LogP contribution in [0.5, 0.6) is 0 Å². The van der Waals surface area contributed by atoms with E-state index in [4.69, 9.17) is 18.0 Å². The molecule has 0 aliphatic carbocycles. The summed E-state index contributed by atoms with van der Waals surface area (Å²) in [6, 6.07) is 6.59. The molecule has 5 nitrogen and oxygen atoms in total. The summed E-state index contributed by atoms with van der Waals surface area (Å²) in [5.41, 5.74) is 6.58. The summed E-state index contributed by atoms with van der Waals surface area (Å²) in [4.78, 5) is 11.1. The third kappa shape index (κ3) is 4.42. The second-order valence-corrected chi connectivity index (χ2v) is 6.18. The normalized spacial score (nSPS) is 10.9. The summed E-state index contributed by atoms with van der Waals surface area (Å²) in [7, 11) is -2.40. The van der Waals surface area contributed by atoms with Gasteiger partial charge < -0.3 is 10.5 Å². The molecule has 0 spiro atoms. The lowest BCUT2D eigenvalue weighted by atomic mass is 10.1. The molecular weight excluding hydrogens is 274 g/mol. The SMILES string of the molecule is COC(=O)CS(=O)(=O)Cc1cccc(C(N)=S)c1. The molecule has 0 bridgehead atoms. The van der Waals surface area contributed by atoms with Crippen LogP contribution in [0.2, 0.25) is 0 Å². The molecule has 0 heterocycles. The molecule has 1 aromatic rings. The van der Waals surface area contributed by atoms with E-state index in [9.17, 15) is 13.2 Å². The van der Waals surface area contributed by atoms with Crippen LogP contribution in [0.1, 0.15) is 11.1 Å². The fourth-order valence-electron chi connectivity index (χ4n) is 1.36. The lowest BCUT2D eigenvalue weighted by molar-refractivity contribution is -0.137. The zero-order valence-corrected chi connectivity index (χ0v) is 11.4. The molecule has 18 heavy (non-hydrogen) atoms. The Labute approximate surface area is 111 Å². The van der Waals surface area contributed by atoms with Crippen molar-refractivity contribution in [3.05, 3.63) is 35.4 Å². The molecule has 0 aliphatic rings. The molecule has 0 saturated heterocycles. The average molecular weight is 287 g/mol. The molecule has 0 unspecified atom stereocenters. The van der Waals surface area contributed by atoms with Gasteiger partial charge in [0.15, 0.2) is 9.84 Å².